The molecular formula is C14H15BrINS. The van der Waals surface area contributed by atoms with Crippen LogP contribution in [0.1, 0.15) is 29.0 Å². The van der Waals surface area contributed by atoms with Gasteiger partial charge in [-0.1, -0.05) is 22.9 Å². The van der Waals surface area contributed by atoms with Crippen LogP contribution in [0, 0.1) is 10.5 Å². The fraction of sp³-hybridized carbons (Fsp3) is 0.286. The standard InChI is InChI=1S/C14H15BrINS/c1-3-17-14(10-6-9(2)18-8-10)12-7-11(16)4-5-13(12)15/h4-8,14,17H,3H2,1-2H3. The van der Waals surface area contributed by atoms with Crippen LogP contribution in [0.2, 0.25) is 0 Å². The van der Waals surface area contributed by atoms with Crippen molar-refractivity contribution >= 4 is 49.9 Å². The largest absolute Gasteiger partial charge is 0.306 e. The fourth-order valence-electron chi connectivity index (χ4n) is 1.96. The van der Waals surface area contributed by atoms with Crippen molar-refractivity contribution in [2.45, 2.75) is 19.9 Å². The molecule has 18 heavy (non-hydrogen) atoms. The molecule has 1 aromatic carbocycles. The van der Waals surface area contributed by atoms with Crippen molar-refractivity contribution in [2.24, 2.45) is 0 Å². The molecule has 96 valence electrons. The molecule has 4 heteroatoms. The zero-order valence-electron chi connectivity index (χ0n) is 10.3. The van der Waals surface area contributed by atoms with Crippen LogP contribution in [0.15, 0.2) is 34.1 Å². The lowest BCUT2D eigenvalue weighted by molar-refractivity contribution is 0.630. The Labute approximate surface area is 134 Å². The van der Waals surface area contributed by atoms with Crippen LogP contribution in [-0.4, -0.2) is 6.54 Å². The second-order valence-corrected chi connectivity index (χ2v) is 7.36. The summed E-state index contributed by atoms with van der Waals surface area (Å²) in [5.41, 5.74) is 2.66. The zero-order chi connectivity index (χ0) is 13.1. The summed E-state index contributed by atoms with van der Waals surface area (Å²) in [4.78, 5) is 1.36. The number of hydrogen-bond acceptors (Lipinski definition) is 2. The summed E-state index contributed by atoms with van der Waals surface area (Å²) < 4.78 is 2.43. The van der Waals surface area contributed by atoms with E-state index >= 15 is 0 Å². The molecule has 2 rings (SSSR count). The van der Waals surface area contributed by atoms with Crippen molar-refractivity contribution in [1.82, 2.24) is 5.32 Å². The third-order valence-corrected chi connectivity index (χ3v) is 5.03. The monoisotopic (exact) mass is 435 g/mol. The summed E-state index contributed by atoms with van der Waals surface area (Å²) in [6.45, 7) is 5.26. The smallest absolute Gasteiger partial charge is 0.0596 e. The van der Waals surface area contributed by atoms with E-state index in [0.717, 1.165) is 11.0 Å². The molecule has 0 fully saturated rings. The lowest BCUT2D eigenvalue weighted by Gasteiger charge is -2.19. The maximum atomic E-state index is 3.67. The molecule has 1 nitrogen and oxygen atoms in total. The van der Waals surface area contributed by atoms with Gasteiger partial charge in [0.2, 0.25) is 0 Å². The Morgan fingerprint density at radius 1 is 1.39 bits per heavy atom. The highest BCUT2D eigenvalue weighted by atomic mass is 127. The van der Waals surface area contributed by atoms with Gasteiger partial charge < -0.3 is 5.32 Å². The minimum Gasteiger partial charge on any atom is -0.306 e. The first-order chi connectivity index (χ1) is 8.61. The van der Waals surface area contributed by atoms with Crippen LogP contribution in [0.4, 0.5) is 0 Å². The van der Waals surface area contributed by atoms with E-state index < -0.39 is 0 Å². The molecule has 0 amide bonds. The topological polar surface area (TPSA) is 12.0 Å². The van der Waals surface area contributed by atoms with Crippen molar-refractivity contribution in [3.05, 3.63) is 53.7 Å². The molecule has 1 atom stereocenters. The second kappa shape index (κ2) is 6.50. The molecular weight excluding hydrogens is 421 g/mol. The molecule has 0 aliphatic carbocycles. The van der Waals surface area contributed by atoms with Gasteiger partial charge in [-0.15, -0.1) is 11.3 Å². The minimum absolute atomic E-state index is 0.268. The third kappa shape index (κ3) is 3.35. The van der Waals surface area contributed by atoms with Gasteiger partial charge in [0.05, 0.1) is 6.04 Å². The quantitative estimate of drug-likeness (QED) is 0.657. The van der Waals surface area contributed by atoms with Gasteiger partial charge in [0.1, 0.15) is 0 Å². The van der Waals surface area contributed by atoms with Crippen LogP contribution >= 0.6 is 49.9 Å². The summed E-state index contributed by atoms with van der Waals surface area (Å²) in [6.07, 6.45) is 0. The van der Waals surface area contributed by atoms with Gasteiger partial charge in [-0.3, -0.25) is 0 Å². The minimum atomic E-state index is 0.268. The number of hydrogen-bond donors (Lipinski definition) is 1. The van der Waals surface area contributed by atoms with Crippen LogP contribution in [0.25, 0.3) is 0 Å². The summed E-state index contributed by atoms with van der Waals surface area (Å²) in [6, 6.07) is 9.02. The molecule has 0 spiro atoms. The molecule has 0 aliphatic heterocycles. The Morgan fingerprint density at radius 3 is 2.78 bits per heavy atom. The summed E-state index contributed by atoms with van der Waals surface area (Å²) in [5.74, 6) is 0. The number of halogens is 2. The van der Waals surface area contributed by atoms with Crippen molar-refractivity contribution in [3.8, 4) is 0 Å². The number of aryl methyl sites for hydroxylation is 1. The summed E-state index contributed by atoms with van der Waals surface area (Å²) in [7, 11) is 0. The molecule has 1 aromatic heterocycles. The lowest BCUT2D eigenvalue weighted by Crippen LogP contribution is -2.22. The van der Waals surface area contributed by atoms with Gasteiger partial charge in [-0.2, -0.15) is 0 Å². The summed E-state index contributed by atoms with van der Waals surface area (Å²) in [5, 5.41) is 5.81. The van der Waals surface area contributed by atoms with Crippen molar-refractivity contribution in [3.63, 3.8) is 0 Å². The molecule has 1 heterocycles. The molecule has 0 aliphatic rings. The Kier molecular flexibility index (Phi) is 5.24. The molecule has 0 bridgehead atoms. The van der Waals surface area contributed by atoms with Crippen LogP contribution in [-0.2, 0) is 0 Å². The third-order valence-electron chi connectivity index (χ3n) is 2.76. The number of rotatable bonds is 4. The van der Waals surface area contributed by atoms with Crippen LogP contribution in [0.5, 0.6) is 0 Å². The lowest BCUT2D eigenvalue weighted by atomic mass is 10.0. The molecule has 0 radical (unpaired) electrons. The molecule has 1 N–H and O–H groups in total. The average molecular weight is 436 g/mol. The SMILES string of the molecule is CCNC(c1csc(C)c1)c1cc(I)ccc1Br. The normalized spacial score (nSPS) is 12.7. The van der Waals surface area contributed by atoms with Gasteiger partial charge in [0.15, 0.2) is 0 Å². The van der Waals surface area contributed by atoms with E-state index in [1.54, 1.807) is 11.3 Å². The Balaban J connectivity index is 2.44. The van der Waals surface area contributed by atoms with E-state index in [-0.39, 0.29) is 6.04 Å². The van der Waals surface area contributed by atoms with Crippen LogP contribution < -0.4 is 5.32 Å². The molecule has 1 unspecified atom stereocenters. The number of nitrogens with one attached hydrogen (secondary N) is 1. The number of thiophene rings is 1. The fourth-order valence-corrected chi connectivity index (χ4v) is 3.68. The highest BCUT2D eigenvalue weighted by Crippen LogP contribution is 2.32. The van der Waals surface area contributed by atoms with Crippen molar-refractivity contribution in [1.29, 1.82) is 0 Å². The first-order valence-corrected chi connectivity index (χ1v) is 8.60. The van der Waals surface area contributed by atoms with Gasteiger partial charge in [0, 0.05) is 12.9 Å². The van der Waals surface area contributed by atoms with E-state index in [4.69, 9.17) is 0 Å². The Morgan fingerprint density at radius 2 is 2.17 bits per heavy atom. The molecule has 2 aromatic rings. The second-order valence-electron chi connectivity index (χ2n) is 4.15. The predicted molar refractivity (Wildman–Crippen MR) is 91.4 cm³/mol. The first-order valence-electron chi connectivity index (χ1n) is 5.85. The zero-order valence-corrected chi connectivity index (χ0v) is 14.9. The van der Waals surface area contributed by atoms with Crippen LogP contribution in [0.3, 0.4) is 0 Å². The highest BCUT2D eigenvalue weighted by Gasteiger charge is 2.17. The van der Waals surface area contributed by atoms with E-state index in [1.807, 2.05) is 0 Å². The summed E-state index contributed by atoms with van der Waals surface area (Å²) >= 11 is 7.83. The van der Waals surface area contributed by atoms with E-state index in [0.29, 0.717) is 0 Å². The van der Waals surface area contributed by atoms with E-state index in [9.17, 15) is 0 Å². The average Bonchev–Trinajstić information content (AvgIpc) is 2.76. The first kappa shape index (κ1) is 14.5. The number of benzene rings is 1. The maximum absolute atomic E-state index is 3.67. The van der Waals surface area contributed by atoms with Gasteiger partial charge in [0.25, 0.3) is 0 Å². The maximum Gasteiger partial charge on any atom is 0.0596 e. The van der Waals surface area contributed by atoms with Gasteiger partial charge in [-0.05, 0) is 76.8 Å². The van der Waals surface area contributed by atoms with Crippen molar-refractivity contribution < 1.29 is 0 Å². The van der Waals surface area contributed by atoms with Gasteiger partial charge >= 0.3 is 0 Å². The molecule has 0 saturated heterocycles. The Hall–Kier alpha value is 0.0900. The van der Waals surface area contributed by atoms with Crippen molar-refractivity contribution in [2.75, 3.05) is 6.54 Å². The van der Waals surface area contributed by atoms with E-state index in [1.165, 1.54) is 19.6 Å². The van der Waals surface area contributed by atoms with E-state index in [2.05, 4.69) is 87.3 Å². The highest BCUT2D eigenvalue weighted by molar-refractivity contribution is 14.1. The molecule has 0 saturated carbocycles. The predicted octanol–water partition coefficient (Wildman–Crippen LogP) is 5.12. The van der Waals surface area contributed by atoms with Gasteiger partial charge in [-0.25, -0.2) is 0 Å². The Bertz CT molecular complexity index is 538.